The third-order valence-electron chi connectivity index (χ3n) is 3.08. The van der Waals surface area contributed by atoms with Crippen LogP contribution in [0.1, 0.15) is 51.2 Å². The van der Waals surface area contributed by atoms with E-state index in [0.717, 1.165) is 11.1 Å². The molecule has 1 rings (SSSR count). The van der Waals surface area contributed by atoms with Gasteiger partial charge in [-0.3, -0.25) is 20.4 Å². The summed E-state index contributed by atoms with van der Waals surface area (Å²) in [6.45, 7) is 9.87. The Labute approximate surface area is 132 Å². The zero-order valence-electron chi connectivity index (χ0n) is 14.0. The lowest BCUT2D eigenvalue weighted by molar-refractivity contribution is -0.130. The van der Waals surface area contributed by atoms with Gasteiger partial charge in [-0.25, -0.2) is 0 Å². The second kappa shape index (κ2) is 8.41. The van der Waals surface area contributed by atoms with E-state index in [1.165, 1.54) is 0 Å². The molecule has 0 aliphatic heterocycles. The van der Waals surface area contributed by atoms with Crippen molar-refractivity contribution < 1.29 is 14.3 Å². The summed E-state index contributed by atoms with van der Waals surface area (Å²) in [6.07, 6.45) is 0.372. The zero-order chi connectivity index (χ0) is 16.7. The number of nitrogens with one attached hydrogen (secondary N) is 2. The number of hydrazine groups is 1. The van der Waals surface area contributed by atoms with Crippen molar-refractivity contribution in [2.24, 2.45) is 5.92 Å². The molecule has 122 valence electrons. The molecular formula is C17H26N2O3. The van der Waals surface area contributed by atoms with Crippen molar-refractivity contribution >= 4 is 11.8 Å². The largest absolute Gasteiger partial charge is 0.483 e. The Hall–Kier alpha value is -2.04. The van der Waals surface area contributed by atoms with Crippen LogP contribution in [0.2, 0.25) is 0 Å². The lowest BCUT2D eigenvalue weighted by atomic mass is 10.0. The van der Waals surface area contributed by atoms with Crippen LogP contribution in [-0.2, 0) is 9.59 Å². The summed E-state index contributed by atoms with van der Waals surface area (Å²) in [5.74, 6) is 0.673. The lowest BCUT2D eigenvalue weighted by Crippen LogP contribution is -2.44. The number of hydrogen-bond donors (Lipinski definition) is 2. The van der Waals surface area contributed by atoms with Crippen LogP contribution in [0.25, 0.3) is 0 Å². The molecule has 1 aromatic carbocycles. The first-order valence-corrected chi connectivity index (χ1v) is 7.60. The summed E-state index contributed by atoms with van der Waals surface area (Å²) in [5, 5.41) is 0. The Morgan fingerprint density at radius 3 is 2.32 bits per heavy atom. The van der Waals surface area contributed by atoms with Crippen molar-refractivity contribution in [3.63, 3.8) is 0 Å². The van der Waals surface area contributed by atoms with Gasteiger partial charge in [0.15, 0.2) is 6.61 Å². The van der Waals surface area contributed by atoms with Crippen LogP contribution in [0.4, 0.5) is 0 Å². The Kier molecular flexibility index (Phi) is 6.89. The van der Waals surface area contributed by atoms with E-state index in [0.29, 0.717) is 18.1 Å². The Morgan fingerprint density at radius 2 is 1.73 bits per heavy atom. The third kappa shape index (κ3) is 6.16. The first kappa shape index (κ1) is 18.0. The number of carbonyl (C=O) groups is 2. The highest BCUT2D eigenvalue weighted by Crippen LogP contribution is 2.27. The topological polar surface area (TPSA) is 67.4 Å². The van der Waals surface area contributed by atoms with Crippen molar-refractivity contribution in [2.45, 2.75) is 47.0 Å². The minimum atomic E-state index is -0.381. The minimum absolute atomic E-state index is 0.134. The first-order chi connectivity index (χ1) is 10.3. The molecule has 2 N–H and O–H groups in total. The number of amides is 2. The van der Waals surface area contributed by atoms with Gasteiger partial charge in [0.05, 0.1) is 0 Å². The van der Waals surface area contributed by atoms with Crippen LogP contribution in [0.3, 0.4) is 0 Å². The molecule has 0 unspecified atom stereocenters. The average molecular weight is 306 g/mol. The maximum absolute atomic E-state index is 11.7. The SMILES string of the molecule is Cc1ccc(C(C)C)c(OCC(=O)NNC(=O)CC(C)C)c1. The molecular weight excluding hydrogens is 280 g/mol. The van der Waals surface area contributed by atoms with Gasteiger partial charge in [0.25, 0.3) is 5.91 Å². The molecule has 0 saturated heterocycles. The van der Waals surface area contributed by atoms with Gasteiger partial charge in [0, 0.05) is 6.42 Å². The van der Waals surface area contributed by atoms with Gasteiger partial charge in [-0.1, -0.05) is 39.8 Å². The second-order valence-corrected chi connectivity index (χ2v) is 6.18. The van der Waals surface area contributed by atoms with Crippen LogP contribution < -0.4 is 15.6 Å². The predicted octanol–water partition coefficient (Wildman–Crippen LogP) is 2.69. The van der Waals surface area contributed by atoms with Crippen LogP contribution in [0, 0.1) is 12.8 Å². The fourth-order valence-electron chi connectivity index (χ4n) is 1.98. The molecule has 5 heteroatoms. The summed E-state index contributed by atoms with van der Waals surface area (Å²) in [6, 6.07) is 5.95. The number of ether oxygens (including phenoxy) is 1. The number of hydrogen-bond acceptors (Lipinski definition) is 3. The third-order valence-corrected chi connectivity index (χ3v) is 3.08. The first-order valence-electron chi connectivity index (χ1n) is 7.60. The smallest absolute Gasteiger partial charge is 0.276 e. The molecule has 5 nitrogen and oxygen atoms in total. The van der Waals surface area contributed by atoms with Gasteiger partial charge < -0.3 is 4.74 Å². The van der Waals surface area contributed by atoms with E-state index in [1.807, 2.05) is 39.0 Å². The summed E-state index contributed by atoms with van der Waals surface area (Å²) in [4.78, 5) is 23.2. The number of rotatable bonds is 6. The van der Waals surface area contributed by atoms with Gasteiger partial charge in [0.1, 0.15) is 5.75 Å². The Morgan fingerprint density at radius 1 is 1.09 bits per heavy atom. The summed E-state index contributed by atoms with van der Waals surface area (Å²) in [5.41, 5.74) is 6.87. The van der Waals surface area contributed by atoms with E-state index in [2.05, 4.69) is 24.7 Å². The molecule has 0 bridgehead atoms. The van der Waals surface area contributed by atoms with E-state index >= 15 is 0 Å². The molecule has 1 aromatic rings. The fourth-order valence-corrected chi connectivity index (χ4v) is 1.98. The highest BCUT2D eigenvalue weighted by molar-refractivity contribution is 5.82. The lowest BCUT2D eigenvalue weighted by Gasteiger charge is -2.15. The standard InChI is InChI=1S/C17H26N2O3/c1-11(2)8-16(20)18-19-17(21)10-22-15-9-13(5)6-7-14(15)12(3)4/h6-7,9,11-12H,8,10H2,1-5H3,(H,18,20)(H,19,21). The molecule has 2 amide bonds. The molecule has 0 spiro atoms. The van der Waals surface area contributed by atoms with E-state index in [4.69, 9.17) is 4.74 Å². The molecule has 0 aromatic heterocycles. The molecule has 0 aliphatic carbocycles. The van der Waals surface area contributed by atoms with Crippen LogP contribution in [0.15, 0.2) is 18.2 Å². The molecule has 0 atom stereocenters. The maximum atomic E-state index is 11.7. The summed E-state index contributed by atoms with van der Waals surface area (Å²) < 4.78 is 5.59. The maximum Gasteiger partial charge on any atom is 0.276 e. The highest BCUT2D eigenvalue weighted by Gasteiger charge is 2.11. The van der Waals surface area contributed by atoms with Gasteiger partial charge in [-0.05, 0) is 36.0 Å². The number of benzene rings is 1. The Bertz CT molecular complexity index is 525. The molecule has 22 heavy (non-hydrogen) atoms. The molecule has 0 heterocycles. The molecule has 0 fully saturated rings. The van der Waals surface area contributed by atoms with Crippen molar-refractivity contribution in [1.82, 2.24) is 10.9 Å². The van der Waals surface area contributed by atoms with E-state index in [1.54, 1.807) is 0 Å². The molecule has 0 radical (unpaired) electrons. The van der Waals surface area contributed by atoms with Gasteiger partial charge >= 0.3 is 0 Å². The highest BCUT2D eigenvalue weighted by atomic mass is 16.5. The molecule has 0 saturated carbocycles. The fraction of sp³-hybridized carbons (Fsp3) is 0.529. The van der Waals surface area contributed by atoms with Gasteiger partial charge in [0.2, 0.25) is 5.91 Å². The molecule has 0 aliphatic rings. The van der Waals surface area contributed by atoms with Gasteiger partial charge in [-0.2, -0.15) is 0 Å². The van der Waals surface area contributed by atoms with Crippen molar-refractivity contribution in [3.8, 4) is 5.75 Å². The average Bonchev–Trinajstić information content (AvgIpc) is 2.41. The van der Waals surface area contributed by atoms with E-state index < -0.39 is 0 Å². The number of aryl methyl sites for hydroxylation is 1. The van der Waals surface area contributed by atoms with Crippen molar-refractivity contribution in [2.75, 3.05) is 6.61 Å². The summed E-state index contributed by atoms with van der Waals surface area (Å²) >= 11 is 0. The second-order valence-electron chi connectivity index (χ2n) is 6.18. The quantitative estimate of drug-likeness (QED) is 0.794. The van der Waals surface area contributed by atoms with Crippen molar-refractivity contribution in [3.05, 3.63) is 29.3 Å². The van der Waals surface area contributed by atoms with Crippen molar-refractivity contribution in [1.29, 1.82) is 0 Å². The van der Waals surface area contributed by atoms with Crippen LogP contribution >= 0.6 is 0 Å². The predicted molar refractivity (Wildman–Crippen MR) is 86.5 cm³/mol. The number of carbonyl (C=O) groups excluding carboxylic acids is 2. The van der Waals surface area contributed by atoms with Gasteiger partial charge in [-0.15, -0.1) is 0 Å². The van der Waals surface area contributed by atoms with Crippen LogP contribution in [0.5, 0.6) is 5.75 Å². The summed E-state index contributed by atoms with van der Waals surface area (Å²) in [7, 11) is 0. The van der Waals surface area contributed by atoms with Crippen LogP contribution in [-0.4, -0.2) is 18.4 Å². The zero-order valence-corrected chi connectivity index (χ0v) is 14.0. The normalized spacial score (nSPS) is 10.7. The Balaban J connectivity index is 2.51. The monoisotopic (exact) mass is 306 g/mol. The van der Waals surface area contributed by atoms with E-state index in [-0.39, 0.29) is 24.3 Å². The minimum Gasteiger partial charge on any atom is -0.483 e. The van der Waals surface area contributed by atoms with E-state index in [9.17, 15) is 9.59 Å².